The predicted molar refractivity (Wildman–Crippen MR) is 99.4 cm³/mol. The van der Waals surface area contributed by atoms with E-state index in [-0.39, 0.29) is 17.9 Å². The van der Waals surface area contributed by atoms with Gasteiger partial charge in [-0.2, -0.15) is 0 Å². The smallest absolute Gasteiger partial charge is 0.281 e. The molecule has 0 atom stereocenters. The highest BCUT2D eigenvalue weighted by atomic mass is 32.2. The van der Waals surface area contributed by atoms with Gasteiger partial charge in [0.15, 0.2) is 11.5 Å². The van der Waals surface area contributed by atoms with Crippen molar-refractivity contribution in [3.8, 4) is 11.5 Å². The number of hydrogen-bond acceptors (Lipinski definition) is 5. The second-order valence-corrected chi connectivity index (χ2v) is 8.05. The van der Waals surface area contributed by atoms with E-state index in [0.717, 1.165) is 42.2 Å². The molecule has 1 saturated heterocycles. The minimum atomic E-state index is 0.0981. The molecule has 2 heterocycles. The van der Waals surface area contributed by atoms with Crippen LogP contribution in [0, 0.1) is 0 Å². The zero-order chi connectivity index (χ0) is 17.9. The van der Waals surface area contributed by atoms with Crippen LogP contribution in [-0.2, 0) is 11.3 Å². The summed E-state index contributed by atoms with van der Waals surface area (Å²) in [4.78, 5) is 28.5. The van der Waals surface area contributed by atoms with E-state index >= 15 is 0 Å². The molecule has 3 aliphatic rings. The van der Waals surface area contributed by atoms with Gasteiger partial charge in [0.25, 0.3) is 5.24 Å². The number of carbonyl (C=O) groups is 2. The van der Waals surface area contributed by atoms with Gasteiger partial charge in [0.2, 0.25) is 12.7 Å². The molecule has 0 unspecified atom stereocenters. The number of carbonyl (C=O) groups excluding carboxylic acids is 2. The Morgan fingerprint density at radius 3 is 2.81 bits per heavy atom. The Labute approximate surface area is 157 Å². The molecule has 2 amide bonds. The van der Waals surface area contributed by atoms with Crippen molar-refractivity contribution in [3.05, 3.63) is 23.8 Å². The second-order valence-electron chi connectivity index (χ2n) is 7.00. The summed E-state index contributed by atoms with van der Waals surface area (Å²) in [6.07, 6.45) is 4.88. The average Bonchev–Trinajstić information content (AvgIpc) is 3.39. The van der Waals surface area contributed by atoms with Crippen LogP contribution < -0.4 is 9.47 Å². The summed E-state index contributed by atoms with van der Waals surface area (Å²) >= 11 is 1.34. The van der Waals surface area contributed by atoms with Gasteiger partial charge in [-0.15, -0.1) is 0 Å². The number of fused-ring (bicyclic) bond motifs is 1. The zero-order valence-electron chi connectivity index (χ0n) is 14.8. The number of ether oxygens (including phenoxy) is 2. The van der Waals surface area contributed by atoms with E-state index < -0.39 is 0 Å². The van der Waals surface area contributed by atoms with Gasteiger partial charge in [-0.25, -0.2) is 0 Å². The molecule has 6 nitrogen and oxygen atoms in total. The van der Waals surface area contributed by atoms with Crippen molar-refractivity contribution in [2.24, 2.45) is 0 Å². The fourth-order valence-corrected chi connectivity index (χ4v) is 4.73. The van der Waals surface area contributed by atoms with Gasteiger partial charge in [-0.05, 0) is 30.5 Å². The lowest BCUT2D eigenvalue weighted by molar-refractivity contribution is -0.134. The van der Waals surface area contributed by atoms with E-state index in [0.29, 0.717) is 25.6 Å². The highest BCUT2D eigenvalue weighted by Crippen LogP contribution is 2.34. The maximum absolute atomic E-state index is 13.0. The molecule has 2 fully saturated rings. The number of benzene rings is 1. The maximum Gasteiger partial charge on any atom is 0.281 e. The van der Waals surface area contributed by atoms with Crippen molar-refractivity contribution in [3.63, 3.8) is 0 Å². The van der Waals surface area contributed by atoms with Gasteiger partial charge in [-0.3, -0.25) is 9.59 Å². The van der Waals surface area contributed by atoms with Gasteiger partial charge in [-0.1, -0.05) is 30.7 Å². The zero-order valence-corrected chi connectivity index (χ0v) is 15.6. The Morgan fingerprint density at radius 1 is 1.23 bits per heavy atom. The number of rotatable bonds is 6. The second kappa shape index (κ2) is 7.78. The van der Waals surface area contributed by atoms with Crippen LogP contribution in [-0.4, -0.2) is 52.6 Å². The maximum atomic E-state index is 13.0. The normalized spacial score (nSPS) is 19.4. The molecular weight excluding hydrogens is 352 g/mol. The number of nitrogens with zero attached hydrogens (tertiary/aromatic N) is 2. The van der Waals surface area contributed by atoms with E-state index in [2.05, 4.69) is 0 Å². The molecule has 1 saturated carbocycles. The van der Waals surface area contributed by atoms with Crippen LogP contribution in [0.2, 0.25) is 0 Å². The predicted octanol–water partition coefficient (Wildman–Crippen LogP) is 3.25. The van der Waals surface area contributed by atoms with Crippen LogP contribution in [0.25, 0.3) is 0 Å². The number of amides is 2. The Kier molecular flexibility index (Phi) is 5.24. The molecule has 2 aliphatic heterocycles. The van der Waals surface area contributed by atoms with Crippen molar-refractivity contribution in [2.75, 3.05) is 25.6 Å². The number of hydrogen-bond donors (Lipinski definition) is 0. The molecule has 4 rings (SSSR count). The Bertz CT molecular complexity index is 690. The fraction of sp³-hybridized carbons (Fsp3) is 0.579. The summed E-state index contributed by atoms with van der Waals surface area (Å²) in [7, 11) is 0. The van der Waals surface area contributed by atoms with Gasteiger partial charge < -0.3 is 19.3 Å². The lowest BCUT2D eigenvalue weighted by atomic mass is 10.1. The van der Waals surface area contributed by atoms with E-state index in [9.17, 15) is 9.59 Å². The standard InChI is InChI=1S/C19H24N2O4S/c22-18(7-8-20-9-10-26-19(20)23)21(15-3-1-2-4-15)12-14-5-6-16-17(11-14)25-13-24-16/h5-6,11,15H,1-4,7-10,12-13H2. The molecule has 0 bridgehead atoms. The third-order valence-electron chi connectivity index (χ3n) is 5.32. The lowest BCUT2D eigenvalue weighted by Gasteiger charge is -2.30. The van der Waals surface area contributed by atoms with Crippen LogP contribution in [0.1, 0.15) is 37.7 Å². The minimum absolute atomic E-state index is 0.0981. The van der Waals surface area contributed by atoms with Crippen molar-refractivity contribution in [1.29, 1.82) is 0 Å². The SMILES string of the molecule is O=C1SCCN1CCC(=O)N(Cc1ccc2c(c1)OCO2)C1CCCC1. The molecule has 0 radical (unpaired) electrons. The van der Waals surface area contributed by atoms with Crippen molar-refractivity contribution in [1.82, 2.24) is 9.80 Å². The topological polar surface area (TPSA) is 59.1 Å². The highest BCUT2D eigenvalue weighted by Gasteiger charge is 2.29. The monoisotopic (exact) mass is 376 g/mol. The summed E-state index contributed by atoms with van der Waals surface area (Å²) < 4.78 is 10.8. The molecule has 1 aliphatic carbocycles. The first-order chi connectivity index (χ1) is 12.7. The van der Waals surface area contributed by atoms with Gasteiger partial charge >= 0.3 is 0 Å². The van der Waals surface area contributed by atoms with E-state index in [4.69, 9.17) is 9.47 Å². The molecule has 7 heteroatoms. The molecule has 1 aromatic rings. The highest BCUT2D eigenvalue weighted by molar-refractivity contribution is 8.13. The van der Waals surface area contributed by atoms with Crippen molar-refractivity contribution >= 4 is 22.9 Å². The number of thioether (sulfide) groups is 1. The summed E-state index contributed by atoms with van der Waals surface area (Å²) in [5.74, 6) is 2.48. The van der Waals surface area contributed by atoms with Crippen LogP contribution in [0.3, 0.4) is 0 Å². The Hall–Kier alpha value is -1.89. The van der Waals surface area contributed by atoms with Crippen LogP contribution in [0.5, 0.6) is 11.5 Å². The first-order valence-electron chi connectivity index (χ1n) is 9.30. The summed E-state index contributed by atoms with van der Waals surface area (Å²) in [5.41, 5.74) is 1.06. The van der Waals surface area contributed by atoms with Crippen molar-refractivity contribution in [2.45, 2.75) is 44.7 Å². The third-order valence-corrected chi connectivity index (χ3v) is 6.21. The summed E-state index contributed by atoms with van der Waals surface area (Å²) in [5, 5.41) is 0.0981. The molecule has 0 aromatic heterocycles. The molecule has 26 heavy (non-hydrogen) atoms. The first kappa shape index (κ1) is 17.5. The van der Waals surface area contributed by atoms with E-state index in [1.807, 2.05) is 23.1 Å². The Balaban J connectivity index is 1.43. The summed E-state index contributed by atoms with van der Waals surface area (Å²) in [6.45, 7) is 2.12. The molecular formula is C19H24N2O4S. The first-order valence-corrected chi connectivity index (χ1v) is 10.3. The average molecular weight is 376 g/mol. The lowest BCUT2D eigenvalue weighted by Crippen LogP contribution is -2.40. The molecule has 0 spiro atoms. The van der Waals surface area contributed by atoms with Gasteiger partial charge in [0, 0.05) is 37.8 Å². The molecule has 0 N–H and O–H groups in total. The summed E-state index contributed by atoms with van der Waals surface area (Å²) in [6, 6.07) is 6.19. The fourth-order valence-electron chi connectivity index (χ4n) is 3.88. The van der Waals surface area contributed by atoms with Crippen LogP contribution in [0.15, 0.2) is 18.2 Å². The minimum Gasteiger partial charge on any atom is -0.454 e. The Morgan fingerprint density at radius 2 is 2.04 bits per heavy atom. The molecule has 140 valence electrons. The quantitative estimate of drug-likeness (QED) is 0.763. The molecule has 1 aromatic carbocycles. The third kappa shape index (κ3) is 3.77. The van der Waals surface area contributed by atoms with Gasteiger partial charge in [0.1, 0.15) is 0 Å². The largest absolute Gasteiger partial charge is 0.454 e. The van der Waals surface area contributed by atoms with E-state index in [1.54, 1.807) is 4.90 Å². The van der Waals surface area contributed by atoms with E-state index in [1.165, 1.54) is 24.6 Å². The van der Waals surface area contributed by atoms with Crippen molar-refractivity contribution < 1.29 is 19.1 Å². The van der Waals surface area contributed by atoms with Crippen LogP contribution in [0.4, 0.5) is 4.79 Å². The van der Waals surface area contributed by atoms with Crippen LogP contribution >= 0.6 is 11.8 Å². The van der Waals surface area contributed by atoms with Gasteiger partial charge in [0.05, 0.1) is 0 Å².